The maximum atomic E-state index is 9.84. The molecule has 0 radical (unpaired) electrons. The summed E-state index contributed by atoms with van der Waals surface area (Å²) in [5.74, 6) is 1.87. The number of morpholine rings is 1. The third-order valence-electron chi connectivity index (χ3n) is 4.96. The van der Waals surface area contributed by atoms with Crippen molar-refractivity contribution >= 4 is 55.9 Å². The molecule has 2 aliphatic heterocycles. The van der Waals surface area contributed by atoms with E-state index in [0.29, 0.717) is 40.0 Å². The largest absolute Gasteiger partial charge is 0.506 e. The van der Waals surface area contributed by atoms with Gasteiger partial charge in [0.15, 0.2) is 0 Å². The highest BCUT2D eigenvalue weighted by Crippen LogP contribution is 2.32. The minimum atomic E-state index is 0.152. The van der Waals surface area contributed by atoms with Crippen molar-refractivity contribution in [1.82, 2.24) is 15.0 Å². The molecule has 0 saturated carbocycles. The zero-order chi connectivity index (χ0) is 20.9. The van der Waals surface area contributed by atoms with Gasteiger partial charge in [-0.05, 0) is 68.8 Å². The van der Waals surface area contributed by atoms with Gasteiger partial charge in [0.05, 0.1) is 28.4 Å². The molecule has 2 fully saturated rings. The Labute approximate surface area is 191 Å². The van der Waals surface area contributed by atoms with E-state index in [1.165, 1.54) is 6.42 Å². The molecular weight excluding hydrogens is 518 g/mol. The summed E-state index contributed by atoms with van der Waals surface area (Å²) in [6.07, 6.45) is 5.17. The molecule has 11 heteroatoms. The fourth-order valence-corrected chi connectivity index (χ4v) is 4.59. The number of aromatic hydroxyl groups is 1. The Hall–Kier alpha value is -1.98. The van der Waals surface area contributed by atoms with Gasteiger partial charge >= 0.3 is 0 Å². The molecule has 0 aliphatic carbocycles. The van der Waals surface area contributed by atoms with Crippen molar-refractivity contribution in [3.63, 3.8) is 0 Å². The van der Waals surface area contributed by atoms with E-state index >= 15 is 0 Å². The number of piperidine rings is 1. The summed E-state index contributed by atoms with van der Waals surface area (Å²) in [5.41, 5.74) is 3.74. The predicted molar refractivity (Wildman–Crippen MR) is 124 cm³/mol. The molecule has 0 amide bonds. The number of nitrogens with one attached hydrogen (secondary N) is 1. The third-order valence-corrected chi connectivity index (χ3v) is 6.17. The first-order valence-electron chi connectivity index (χ1n) is 9.91. The van der Waals surface area contributed by atoms with E-state index in [1.54, 1.807) is 18.3 Å². The van der Waals surface area contributed by atoms with E-state index in [2.05, 4.69) is 62.2 Å². The number of rotatable bonds is 5. The highest BCUT2D eigenvalue weighted by Gasteiger charge is 2.20. The van der Waals surface area contributed by atoms with Crippen LogP contribution in [0.3, 0.4) is 0 Å². The van der Waals surface area contributed by atoms with Crippen LogP contribution >= 0.6 is 31.9 Å². The molecule has 2 aromatic rings. The minimum Gasteiger partial charge on any atom is -0.506 e. The van der Waals surface area contributed by atoms with Gasteiger partial charge in [-0.3, -0.25) is 0 Å². The van der Waals surface area contributed by atoms with Crippen molar-refractivity contribution < 1.29 is 9.84 Å². The normalized spacial score (nSPS) is 17.5. The standard InChI is InChI=1S/C19H23Br2N7O2/c20-14-10-13(11-15(21)16(14)29)12-22-26-17-23-18(27-4-2-1-3-5-27)25-19(24-17)28-6-8-30-9-7-28/h10-12,29H,1-9H2,(H,23,24,25,26)/b22-12-. The number of anilines is 3. The van der Waals surface area contributed by atoms with Gasteiger partial charge in [-0.25, -0.2) is 5.43 Å². The summed E-state index contributed by atoms with van der Waals surface area (Å²) in [4.78, 5) is 18.2. The molecule has 2 aliphatic rings. The van der Waals surface area contributed by atoms with Gasteiger partial charge in [-0.2, -0.15) is 20.1 Å². The van der Waals surface area contributed by atoms with Crippen molar-refractivity contribution in [3.05, 3.63) is 26.6 Å². The van der Waals surface area contributed by atoms with Gasteiger partial charge in [-0.15, -0.1) is 0 Å². The smallest absolute Gasteiger partial charge is 0.250 e. The van der Waals surface area contributed by atoms with E-state index in [1.807, 2.05) is 0 Å². The molecule has 0 atom stereocenters. The molecule has 2 saturated heterocycles. The molecule has 3 heterocycles. The van der Waals surface area contributed by atoms with E-state index in [9.17, 15) is 5.11 Å². The molecule has 1 aromatic heterocycles. The lowest BCUT2D eigenvalue weighted by atomic mass is 10.1. The van der Waals surface area contributed by atoms with Crippen molar-refractivity contribution in [2.45, 2.75) is 19.3 Å². The highest BCUT2D eigenvalue weighted by molar-refractivity contribution is 9.11. The monoisotopic (exact) mass is 539 g/mol. The Morgan fingerprint density at radius 1 is 0.933 bits per heavy atom. The second-order valence-electron chi connectivity index (χ2n) is 7.11. The Balaban J connectivity index is 1.56. The van der Waals surface area contributed by atoms with Crippen LogP contribution < -0.4 is 15.2 Å². The number of halogens is 2. The van der Waals surface area contributed by atoms with E-state index in [4.69, 9.17) is 9.72 Å². The molecular formula is C19H23Br2N7O2. The van der Waals surface area contributed by atoms with Crippen LogP contribution in [0.15, 0.2) is 26.2 Å². The second kappa shape index (κ2) is 9.88. The fraction of sp³-hybridized carbons (Fsp3) is 0.474. The van der Waals surface area contributed by atoms with Crippen LogP contribution in [-0.4, -0.2) is 65.7 Å². The predicted octanol–water partition coefficient (Wildman–Crippen LogP) is 3.38. The van der Waals surface area contributed by atoms with Gasteiger partial charge in [0.1, 0.15) is 5.75 Å². The molecule has 1 aromatic carbocycles. The van der Waals surface area contributed by atoms with Crippen LogP contribution in [-0.2, 0) is 4.74 Å². The van der Waals surface area contributed by atoms with Gasteiger partial charge in [-0.1, -0.05) is 0 Å². The number of hydrogen-bond acceptors (Lipinski definition) is 9. The quantitative estimate of drug-likeness (QED) is 0.440. The Bertz CT molecular complexity index is 856. The second-order valence-corrected chi connectivity index (χ2v) is 8.82. The van der Waals surface area contributed by atoms with Crippen molar-refractivity contribution in [1.29, 1.82) is 0 Å². The van der Waals surface area contributed by atoms with Crippen LogP contribution in [0.25, 0.3) is 0 Å². The molecule has 2 N–H and O–H groups in total. The van der Waals surface area contributed by atoms with Gasteiger partial charge < -0.3 is 19.6 Å². The number of hydrogen-bond donors (Lipinski definition) is 2. The number of aromatic nitrogens is 3. The Kier molecular flexibility index (Phi) is 7.00. The van der Waals surface area contributed by atoms with E-state index in [-0.39, 0.29) is 5.75 Å². The first-order valence-corrected chi connectivity index (χ1v) is 11.5. The van der Waals surface area contributed by atoms with Crippen molar-refractivity contribution in [3.8, 4) is 5.75 Å². The molecule has 0 unspecified atom stereocenters. The topological polar surface area (TPSA) is 99.0 Å². The summed E-state index contributed by atoms with van der Waals surface area (Å²) < 4.78 is 6.62. The molecule has 0 spiro atoms. The van der Waals surface area contributed by atoms with Crippen LogP contribution in [0, 0.1) is 0 Å². The highest BCUT2D eigenvalue weighted by atomic mass is 79.9. The van der Waals surface area contributed by atoms with Crippen LogP contribution in [0.2, 0.25) is 0 Å². The number of benzene rings is 1. The maximum absolute atomic E-state index is 9.84. The van der Waals surface area contributed by atoms with E-state index < -0.39 is 0 Å². The molecule has 160 valence electrons. The number of phenols is 1. The average Bonchev–Trinajstić information content (AvgIpc) is 2.78. The van der Waals surface area contributed by atoms with Crippen LogP contribution in [0.1, 0.15) is 24.8 Å². The lowest BCUT2D eigenvalue weighted by Gasteiger charge is -2.30. The Morgan fingerprint density at radius 2 is 1.53 bits per heavy atom. The maximum Gasteiger partial charge on any atom is 0.250 e. The number of ether oxygens (including phenoxy) is 1. The fourth-order valence-electron chi connectivity index (χ4n) is 3.37. The average molecular weight is 541 g/mol. The molecule has 9 nitrogen and oxygen atoms in total. The lowest BCUT2D eigenvalue weighted by molar-refractivity contribution is 0.122. The molecule has 4 rings (SSSR count). The third kappa shape index (κ3) is 5.19. The minimum absolute atomic E-state index is 0.152. The number of nitrogens with zero attached hydrogens (tertiary/aromatic N) is 6. The summed E-state index contributed by atoms with van der Waals surface area (Å²) in [6.45, 7) is 4.73. The number of hydrazone groups is 1. The zero-order valence-electron chi connectivity index (χ0n) is 16.4. The van der Waals surface area contributed by atoms with Crippen LogP contribution in [0.5, 0.6) is 5.75 Å². The summed E-state index contributed by atoms with van der Waals surface area (Å²) in [7, 11) is 0. The Morgan fingerprint density at radius 3 is 2.17 bits per heavy atom. The van der Waals surface area contributed by atoms with Gasteiger partial charge in [0.25, 0.3) is 0 Å². The summed E-state index contributed by atoms with van der Waals surface area (Å²) in [6, 6.07) is 3.55. The lowest BCUT2D eigenvalue weighted by Crippen LogP contribution is -2.38. The van der Waals surface area contributed by atoms with Crippen molar-refractivity contribution in [2.75, 3.05) is 54.6 Å². The summed E-state index contributed by atoms with van der Waals surface area (Å²) in [5, 5.41) is 14.1. The summed E-state index contributed by atoms with van der Waals surface area (Å²) >= 11 is 6.65. The van der Waals surface area contributed by atoms with Gasteiger partial charge in [0.2, 0.25) is 17.8 Å². The van der Waals surface area contributed by atoms with E-state index in [0.717, 1.165) is 44.6 Å². The first-order chi connectivity index (χ1) is 14.6. The molecule has 0 bridgehead atoms. The SMILES string of the molecule is Oc1c(Br)cc(/C=N\Nc2nc(N3CCCCC3)nc(N3CCOCC3)n2)cc1Br. The van der Waals surface area contributed by atoms with Crippen LogP contribution in [0.4, 0.5) is 17.8 Å². The van der Waals surface area contributed by atoms with Crippen molar-refractivity contribution in [2.24, 2.45) is 5.10 Å². The zero-order valence-corrected chi connectivity index (χ0v) is 19.6. The molecule has 30 heavy (non-hydrogen) atoms. The number of phenolic OH excluding ortho intramolecular Hbond substituents is 1. The first kappa shape index (κ1) is 21.3. The van der Waals surface area contributed by atoms with Gasteiger partial charge in [0, 0.05) is 26.2 Å².